The number of hydrogen-bond acceptors (Lipinski definition) is 7. The summed E-state index contributed by atoms with van der Waals surface area (Å²) in [6.45, 7) is 1.97. The van der Waals surface area contributed by atoms with Gasteiger partial charge >= 0.3 is 5.97 Å². The molecule has 1 atom stereocenters. The highest BCUT2D eigenvalue weighted by Crippen LogP contribution is 2.37. The van der Waals surface area contributed by atoms with Crippen LogP contribution in [0.25, 0.3) is 0 Å². The van der Waals surface area contributed by atoms with E-state index in [0.717, 1.165) is 74.2 Å². The van der Waals surface area contributed by atoms with E-state index < -0.39 is 27.3 Å². The van der Waals surface area contributed by atoms with Gasteiger partial charge in [0.2, 0.25) is 15.6 Å². The molecule has 0 saturated heterocycles. The molecule has 0 aromatic heterocycles. The Labute approximate surface area is 236 Å². The highest BCUT2D eigenvalue weighted by atomic mass is 35.5. The first-order valence-electron chi connectivity index (χ1n) is 13.3. The fourth-order valence-corrected chi connectivity index (χ4v) is 6.60. The second-order valence-corrected chi connectivity index (χ2v) is 12.7. The highest BCUT2D eigenvalue weighted by molar-refractivity contribution is 7.89. The second-order valence-electron chi connectivity index (χ2n) is 10.2. The van der Waals surface area contributed by atoms with Crippen LogP contribution in [-0.2, 0) is 38.2 Å². The molecular weight excluding hydrogens is 540 g/mol. The molecule has 0 aliphatic carbocycles. The number of hydrogen-bond donors (Lipinski definition) is 1. The molecule has 10 heteroatoms. The molecule has 2 aliphatic rings. The van der Waals surface area contributed by atoms with Gasteiger partial charge in [-0.2, -0.15) is 0 Å². The van der Waals surface area contributed by atoms with Crippen LogP contribution in [0.1, 0.15) is 48.8 Å². The number of sulfonamides is 1. The predicted molar refractivity (Wildman–Crippen MR) is 153 cm³/mol. The van der Waals surface area contributed by atoms with Crippen molar-refractivity contribution >= 4 is 33.3 Å². The Hall–Kier alpha value is -2.59. The topological polar surface area (TPSA) is 96.4 Å². The maximum atomic E-state index is 13.2. The van der Waals surface area contributed by atoms with Gasteiger partial charge in [0.15, 0.2) is 0 Å². The summed E-state index contributed by atoms with van der Waals surface area (Å²) in [6.07, 6.45) is 9.21. The number of benzene rings is 2. The van der Waals surface area contributed by atoms with Crippen LogP contribution < -0.4 is 9.64 Å². The summed E-state index contributed by atoms with van der Waals surface area (Å²) >= 11 is 6.27. The van der Waals surface area contributed by atoms with Crippen LogP contribution in [0, 0.1) is 0 Å². The molecule has 212 valence electrons. The van der Waals surface area contributed by atoms with E-state index >= 15 is 0 Å². The van der Waals surface area contributed by atoms with E-state index in [1.54, 1.807) is 24.3 Å². The molecule has 2 heterocycles. The third-order valence-electron chi connectivity index (χ3n) is 7.42. The van der Waals surface area contributed by atoms with Crippen LogP contribution in [-0.4, -0.2) is 63.3 Å². The van der Waals surface area contributed by atoms with Crippen molar-refractivity contribution in [3.05, 3.63) is 70.3 Å². The number of fused-ring (bicyclic) bond motifs is 2. The van der Waals surface area contributed by atoms with Crippen LogP contribution in [0.4, 0.5) is 5.69 Å². The van der Waals surface area contributed by atoms with Crippen molar-refractivity contribution in [1.29, 1.82) is 0 Å². The van der Waals surface area contributed by atoms with Gasteiger partial charge in [-0.25, -0.2) is 17.5 Å². The summed E-state index contributed by atoms with van der Waals surface area (Å²) in [5.74, 6) is -1.28. The third kappa shape index (κ3) is 6.95. The molecule has 0 saturated carbocycles. The Morgan fingerprint density at radius 3 is 2.59 bits per heavy atom. The van der Waals surface area contributed by atoms with E-state index in [2.05, 4.69) is 4.90 Å². The SMILES string of the molecule is COC(=O)[C@]1(O)CS(=O)(=O)N(C)C/C=C/CCCCN2CCCCc3cc(Cl)ccc3COc3ccc1cc32. The number of halogens is 1. The minimum absolute atomic E-state index is 0.145. The smallest absolute Gasteiger partial charge is 0.343 e. The summed E-state index contributed by atoms with van der Waals surface area (Å²) in [6, 6.07) is 10.8. The first kappa shape index (κ1) is 29.4. The standard InChI is InChI=1S/C29H37ClN2O6S/c1-31-15-7-4-3-5-8-16-32-17-9-6-10-22-18-25(30)13-11-23(22)20-38-27-14-12-24(19-26(27)32)29(34,28(33)37-2)21-39(31,35)36/h4,7,11-14,18-19,34H,3,5-6,8-10,15-17,20-21H2,1-2H3/b7-4+/t29-/m0/s1. The number of ether oxygens (including phenoxy) is 2. The van der Waals surface area contributed by atoms with Gasteiger partial charge in [0.1, 0.15) is 18.1 Å². The summed E-state index contributed by atoms with van der Waals surface area (Å²) in [5, 5.41) is 12.3. The Kier molecular flexibility index (Phi) is 9.59. The molecule has 1 N–H and O–H groups in total. The molecule has 0 unspecified atom stereocenters. The van der Waals surface area contributed by atoms with Crippen LogP contribution in [0.3, 0.4) is 0 Å². The first-order chi connectivity index (χ1) is 18.6. The summed E-state index contributed by atoms with van der Waals surface area (Å²) in [5.41, 5.74) is 0.662. The Morgan fingerprint density at radius 1 is 1.05 bits per heavy atom. The lowest BCUT2D eigenvalue weighted by atomic mass is 9.94. The molecule has 0 fully saturated rings. The van der Waals surface area contributed by atoms with Crippen LogP contribution in [0.5, 0.6) is 5.75 Å². The van der Waals surface area contributed by atoms with Crippen molar-refractivity contribution in [2.45, 2.75) is 50.7 Å². The van der Waals surface area contributed by atoms with Crippen LogP contribution in [0.15, 0.2) is 48.6 Å². The van der Waals surface area contributed by atoms with E-state index in [1.165, 1.54) is 7.05 Å². The monoisotopic (exact) mass is 576 g/mol. The van der Waals surface area contributed by atoms with Gasteiger partial charge in [0, 0.05) is 31.7 Å². The van der Waals surface area contributed by atoms with Gasteiger partial charge in [0.05, 0.1) is 12.8 Å². The average Bonchev–Trinajstić information content (AvgIpc) is 2.94. The molecule has 0 amide bonds. The van der Waals surface area contributed by atoms with Crippen molar-refractivity contribution in [3.8, 4) is 5.75 Å². The highest BCUT2D eigenvalue weighted by Gasteiger charge is 2.45. The number of anilines is 1. The number of carbonyl (C=O) groups is 1. The van der Waals surface area contributed by atoms with Crippen LogP contribution in [0.2, 0.25) is 5.02 Å². The Balaban J connectivity index is 1.82. The lowest BCUT2D eigenvalue weighted by Crippen LogP contribution is -2.46. The number of rotatable bonds is 1. The molecule has 4 rings (SSSR count). The van der Waals surface area contributed by atoms with E-state index in [9.17, 15) is 18.3 Å². The fraction of sp³-hybridized carbons (Fsp3) is 0.483. The lowest BCUT2D eigenvalue weighted by molar-refractivity contribution is -0.161. The maximum Gasteiger partial charge on any atom is 0.343 e. The van der Waals surface area contributed by atoms with Crippen molar-refractivity contribution in [2.24, 2.45) is 0 Å². The number of aryl methyl sites for hydroxylation is 1. The van der Waals surface area contributed by atoms with E-state index in [0.29, 0.717) is 23.1 Å². The molecule has 39 heavy (non-hydrogen) atoms. The van der Waals surface area contributed by atoms with Gasteiger partial charge in [-0.15, -0.1) is 0 Å². The Bertz CT molecular complexity index is 1310. The number of esters is 1. The largest absolute Gasteiger partial charge is 0.487 e. The van der Waals surface area contributed by atoms with Gasteiger partial charge in [-0.1, -0.05) is 35.9 Å². The van der Waals surface area contributed by atoms with Crippen molar-refractivity contribution < 1.29 is 27.8 Å². The zero-order chi connectivity index (χ0) is 28.0. The molecule has 0 spiro atoms. The molecular formula is C29H37ClN2O6S. The Morgan fingerprint density at radius 2 is 1.82 bits per heavy atom. The van der Waals surface area contributed by atoms with E-state index in [4.69, 9.17) is 21.1 Å². The van der Waals surface area contributed by atoms with E-state index in [1.807, 2.05) is 24.3 Å². The first-order valence-corrected chi connectivity index (χ1v) is 15.3. The zero-order valence-electron chi connectivity index (χ0n) is 22.6. The second kappa shape index (κ2) is 12.7. The van der Waals surface area contributed by atoms with Gasteiger partial charge in [-0.3, -0.25) is 0 Å². The number of methoxy groups -OCH3 is 1. The minimum atomic E-state index is -4.02. The fourth-order valence-electron chi connectivity index (χ4n) is 5.06. The third-order valence-corrected chi connectivity index (χ3v) is 9.54. The molecule has 2 bridgehead atoms. The zero-order valence-corrected chi connectivity index (χ0v) is 24.1. The van der Waals surface area contributed by atoms with E-state index in [-0.39, 0.29) is 12.1 Å². The van der Waals surface area contributed by atoms with Crippen molar-refractivity contribution in [3.63, 3.8) is 0 Å². The predicted octanol–water partition coefficient (Wildman–Crippen LogP) is 4.42. The van der Waals surface area contributed by atoms with Crippen molar-refractivity contribution in [2.75, 3.05) is 44.4 Å². The molecule has 0 radical (unpaired) electrons. The number of carbonyl (C=O) groups excluding carboxylic acids is 1. The molecule has 8 nitrogen and oxygen atoms in total. The van der Waals surface area contributed by atoms with Gasteiger partial charge in [0.25, 0.3) is 0 Å². The van der Waals surface area contributed by atoms with Gasteiger partial charge in [-0.05, 0) is 79.5 Å². The maximum absolute atomic E-state index is 13.2. The average molecular weight is 577 g/mol. The summed E-state index contributed by atoms with van der Waals surface area (Å²) in [4.78, 5) is 15.2. The molecule has 2 aliphatic heterocycles. The molecule has 2 aromatic carbocycles. The number of nitrogens with zero attached hydrogens (tertiary/aromatic N) is 2. The van der Waals surface area contributed by atoms with Crippen molar-refractivity contribution in [1.82, 2.24) is 4.31 Å². The normalized spacial score (nSPS) is 23.6. The summed E-state index contributed by atoms with van der Waals surface area (Å²) < 4.78 is 38.8. The number of aliphatic hydroxyl groups is 1. The van der Waals surface area contributed by atoms with Crippen LogP contribution >= 0.6 is 11.6 Å². The number of likely N-dealkylation sites (N-methyl/N-ethyl adjacent to an activating group) is 1. The number of allylic oxidation sites excluding steroid dienone is 1. The quantitative estimate of drug-likeness (QED) is 0.396. The van der Waals surface area contributed by atoms with Gasteiger partial charge < -0.3 is 19.5 Å². The summed E-state index contributed by atoms with van der Waals surface area (Å²) in [7, 11) is -1.44. The minimum Gasteiger partial charge on any atom is -0.487 e. The lowest BCUT2D eigenvalue weighted by Gasteiger charge is -2.31. The molecule has 2 aromatic rings.